The summed E-state index contributed by atoms with van der Waals surface area (Å²) in [5.74, 6) is -3.91. The van der Waals surface area contributed by atoms with Gasteiger partial charge in [0.25, 0.3) is 0 Å². The molecular formula is C13H27NO4. The first-order valence-corrected chi connectivity index (χ1v) is 6.58. The topological polar surface area (TPSA) is 77.8 Å². The van der Waals surface area contributed by atoms with E-state index in [0.29, 0.717) is 0 Å². The summed E-state index contributed by atoms with van der Waals surface area (Å²) in [5.41, 5.74) is 0. The smallest absolute Gasteiger partial charge is 0.317 e. The highest BCUT2D eigenvalue weighted by atomic mass is 16.4. The van der Waals surface area contributed by atoms with Crippen molar-refractivity contribution in [1.29, 1.82) is 0 Å². The van der Waals surface area contributed by atoms with E-state index in [1.165, 1.54) is 38.9 Å². The molecule has 2 N–H and O–H groups in total. The summed E-state index contributed by atoms with van der Waals surface area (Å²) in [7, 11) is 0. The Morgan fingerprint density at radius 2 is 1.17 bits per heavy atom. The maximum Gasteiger partial charge on any atom is 0.317 e. The minimum Gasteiger partial charge on any atom is -0.481 e. The van der Waals surface area contributed by atoms with Crippen molar-refractivity contribution in [3.05, 3.63) is 0 Å². The van der Waals surface area contributed by atoms with Gasteiger partial charge in [-0.1, -0.05) is 20.8 Å². The molecule has 108 valence electrons. The van der Waals surface area contributed by atoms with E-state index in [9.17, 15) is 9.59 Å². The fourth-order valence-electron chi connectivity index (χ4n) is 1.39. The van der Waals surface area contributed by atoms with Crippen LogP contribution in [-0.2, 0) is 9.59 Å². The Hall–Kier alpha value is -1.10. The highest BCUT2D eigenvalue weighted by molar-refractivity contribution is 5.92. The molecular weight excluding hydrogens is 234 g/mol. The lowest BCUT2D eigenvalue weighted by molar-refractivity contribution is -0.153. The molecule has 5 nitrogen and oxygen atoms in total. The minimum atomic E-state index is -1.31. The number of hydrogen-bond donors (Lipinski definition) is 2. The molecule has 0 unspecified atom stereocenters. The van der Waals surface area contributed by atoms with Gasteiger partial charge in [-0.15, -0.1) is 0 Å². The predicted octanol–water partition coefficient (Wildman–Crippen LogP) is 2.31. The third-order valence-electron chi connectivity index (χ3n) is 2.36. The van der Waals surface area contributed by atoms with E-state index >= 15 is 0 Å². The molecule has 0 radical (unpaired) electrons. The van der Waals surface area contributed by atoms with Crippen LogP contribution < -0.4 is 0 Å². The second kappa shape index (κ2) is 12.4. The van der Waals surface area contributed by atoms with Gasteiger partial charge in [0.05, 0.1) is 0 Å². The molecule has 0 amide bonds. The van der Waals surface area contributed by atoms with Gasteiger partial charge in [0, 0.05) is 0 Å². The monoisotopic (exact) mass is 261 g/mol. The average molecular weight is 261 g/mol. The number of rotatable bonds is 8. The first-order valence-electron chi connectivity index (χ1n) is 6.58. The molecule has 5 heteroatoms. The van der Waals surface area contributed by atoms with E-state index in [1.54, 1.807) is 0 Å². The Labute approximate surface area is 110 Å². The van der Waals surface area contributed by atoms with Crippen molar-refractivity contribution in [1.82, 2.24) is 4.90 Å². The molecule has 0 saturated carbocycles. The Morgan fingerprint density at radius 1 is 0.889 bits per heavy atom. The minimum absolute atomic E-state index is 1.12. The highest BCUT2D eigenvalue weighted by Crippen LogP contribution is 1.94. The summed E-state index contributed by atoms with van der Waals surface area (Å²) >= 11 is 0. The average Bonchev–Trinajstić information content (AvgIpc) is 2.29. The van der Waals surface area contributed by atoms with Gasteiger partial charge >= 0.3 is 11.9 Å². The molecule has 0 rings (SSSR count). The van der Waals surface area contributed by atoms with Crippen molar-refractivity contribution in [2.45, 2.75) is 47.0 Å². The fraction of sp³-hybridized carbons (Fsp3) is 0.846. The molecule has 0 aromatic heterocycles. The summed E-state index contributed by atoms with van der Waals surface area (Å²) in [6.45, 7) is 11.7. The van der Waals surface area contributed by atoms with Gasteiger partial charge in [-0.3, -0.25) is 9.59 Å². The van der Waals surface area contributed by atoms with Crippen LogP contribution in [0.25, 0.3) is 0 Å². The van der Waals surface area contributed by atoms with Crippen LogP contribution >= 0.6 is 0 Å². The zero-order valence-electron chi connectivity index (χ0n) is 12.0. The Kier molecular flexibility index (Phi) is 13.2. The summed E-state index contributed by atoms with van der Waals surface area (Å²) in [4.78, 5) is 22.1. The van der Waals surface area contributed by atoms with Crippen LogP contribution in [0.5, 0.6) is 0 Å². The fourth-order valence-corrected chi connectivity index (χ4v) is 1.39. The van der Waals surface area contributed by atoms with Crippen LogP contribution in [0.4, 0.5) is 0 Å². The lowest BCUT2D eigenvalue weighted by atomic mass is 10.2. The third kappa shape index (κ3) is 11.4. The van der Waals surface area contributed by atoms with E-state index in [2.05, 4.69) is 25.7 Å². The molecule has 0 saturated heterocycles. The number of carboxylic acid groups (broad SMARTS) is 2. The molecule has 0 aromatic rings. The van der Waals surface area contributed by atoms with E-state index < -0.39 is 17.9 Å². The molecule has 0 spiro atoms. The van der Waals surface area contributed by atoms with Crippen LogP contribution in [0.15, 0.2) is 0 Å². The van der Waals surface area contributed by atoms with Crippen LogP contribution in [0.1, 0.15) is 47.0 Å². The molecule has 0 aliphatic rings. The lowest BCUT2D eigenvalue weighted by Gasteiger charge is -2.19. The highest BCUT2D eigenvalue weighted by Gasteiger charge is 2.18. The Bertz CT molecular complexity index is 203. The van der Waals surface area contributed by atoms with Crippen molar-refractivity contribution < 1.29 is 19.8 Å². The van der Waals surface area contributed by atoms with Gasteiger partial charge < -0.3 is 15.1 Å². The molecule has 18 heavy (non-hydrogen) atoms. The van der Waals surface area contributed by atoms with E-state index in [1.807, 2.05) is 0 Å². The van der Waals surface area contributed by atoms with E-state index in [-0.39, 0.29) is 0 Å². The number of hydrogen-bond acceptors (Lipinski definition) is 3. The maximum atomic E-state index is 9.76. The maximum absolute atomic E-state index is 9.76. The molecule has 0 bridgehead atoms. The van der Waals surface area contributed by atoms with Crippen LogP contribution in [0, 0.1) is 5.92 Å². The predicted molar refractivity (Wildman–Crippen MR) is 71.7 cm³/mol. The molecule has 0 aliphatic carbocycles. The summed E-state index contributed by atoms with van der Waals surface area (Å²) < 4.78 is 0. The van der Waals surface area contributed by atoms with Crippen molar-refractivity contribution in [3.63, 3.8) is 0 Å². The van der Waals surface area contributed by atoms with Crippen molar-refractivity contribution in [2.75, 3.05) is 19.6 Å². The van der Waals surface area contributed by atoms with Crippen molar-refractivity contribution in [3.8, 4) is 0 Å². The van der Waals surface area contributed by atoms with Gasteiger partial charge in [0.2, 0.25) is 0 Å². The molecule has 0 aromatic carbocycles. The van der Waals surface area contributed by atoms with E-state index in [0.717, 1.165) is 6.92 Å². The second-order valence-corrected chi connectivity index (χ2v) is 4.24. The zero-order valence-corrected chi connectivity index (χ0v) is 12.0. The van der Waals surface area contributed by atoms with Crippen LogP contribution in [0.3, 0.4) is 0 Å². The first-order chi connectivity index (χ1) is 8.40. The number of carbonyl (C=O) groups is 2. The molecule has 0 heterocycles. The standard InChI is InChI=1S/C9H21N.C4H6O4/c1-4-7-10(8-5-2)9-6-3;1-2(3(5)6)4(7)8/h4-9H2,1-3H3;2H,1H3,(H,5,6)(H,7,8). The summed E-state index contributed by atoms with van der Waals surface area (Å²) in [6.07, 6.45) is 3.88. The zero-order chi connectivity index (χ0) is 14.6. The largest absolute Gasteiger partial charge is 0.481 e. The third-order valence-corrected chi connectivity index (χ3v) is 2.36. The van der Waals surface area contributed by atoms with Gasteiger partial charge in [-0.2, -0.15) is 0 Å². The van der Waals surface area contributed by atoms with E-state index in [4.69, 9.17) is 10.2 Å². The summed E-state index contributed by atoms with van der Waals surface area (Å²) in [6, 6.07) is 0. The quantitative estimate of drug-likeness (QED) is 0.656. The van der Waals surface area contributed by atoms with Crippen molar-refractivity contribution in [2.24, 2.45) is 5.92 Å². The van der Waals surface area contributed by atoms with Gasteiger partial charge in [0.15, 0.2) is 5.92 Å². The molecule has 0 atom stereocenters. The first kappa shape index (κ1) is 19.2. The normalized spacial score (nSPS) is 10.1. The Morgan fingerprint density at radius 3 is 1.28 bits per heavy atom. The van der Waals surface area contributed by atoms with Gasteiger partial charge in [-0.25, -0.2) is 0 Å². The SMILES string of the molecule is CC(C(=O)O)C(=O)O.CCCN(CCC)CCC. The second-order valence-electron chi connectivity index (χ2n) is 4.24. The van der Waals surface area contributed by atoms with Crippen LogP contribution in [-0.4, -0.2) is 46.7 Å². The number of aliphatic carboxylic acids is 2. The van der Waals surface area contributed by atoms with Crippen molar-refractivity contribution >= 4 is 11.9 Å². The lowest BCUT2D eigenvalue weighted by Crippen LogP contribution is -2.25. The van der Waals surface area contributed by atoms with Gasteiger partial charge in [0.1, 0.15) is 0 Å². The van der Waals surface area contributed by atoms with Crippen LogP contribution in [0.2, 0.25) is 0 Å². The van der Waals surface area contributed by atoms with Gasteiger partial charge in [-0.05, 0) is 45.8 Å². The number of carboxylic acids is 2. The molecule has 0 aliphatic heterocycles. The number of nitrogens with zero attached hydrogens (tertiary/aromatic N) is 1. The molecule has 0 fully saturated rings. The summed E-state index contributed by atoms with van der Waals surface area (Å²) in [5, 5.41) is 15.9. The Balaban J connectivity index is 0.